The van der Waals surface area contributed by atoms with E-state index in [0.29, 0.717) is 6.54 Å². The molecule has 0 rings (SSSR count). The van der Waals surface area contributed by atoms with Gasteiger partial charge in [-0.3, -0.25) is 10.1 Å². The highest BCUT2D eigenvalue weighted by Gasteiger charge is 2.12. The van der Waals surface area contributed by atoms with Gasteiger partial charge in [-0.2, -0.15) is 0 Å². The predicted molar refractivity (Wildman–Crippen MR) is 41.6 cm³/mol. The van der Waals surface area contributed by atoms with Crippen molar-refractivity contribution in [2.75, 3.05) is 6.54 Å². The van der Waals surface area contributed by atoms with Crippen molar-refractivity contribution in [1.29, 1.82) is 0 Å². The minimum Gasteiger partial charge on any atom is -0.299 e. The van der Waals surface area contributed by atoms with Gasteiger partial charge < -0.3 is 0 Å². The van der Waals surface area contributed by atoms with Gasteiger partial charge in [0.05, 0.1) is 12.1 Å². The van der Waals surface area contributed by atoms with Crippen molar-refractivity contribution >= 4 is 5.78 Å². The topological polar surface area (TPSA) is 29.1 Å². The molecule has 2 heteroatoms. The van der Waals surface area contributed by atoms with Crippen molar-refractivity contribution in [3.05, 3.63) is 0 Å². The summed E-state index contributed by atoms with van der Waals surface area (Å²) in [7, 11) is 0. The van der Waals surface area contributed by atoms with Crippen LogP contribution in [0.5, 0.6) is 0 Å². The number of Topliss-reactive ketones (excluding diaryl/α,β-unsaturated/α-hetero) is 1. The molecule has 0 aromatic rings. The largest absolute Gasteiger partial charge is 0.299 e. The molecular weight excluding hydrogens is 126 g/mol. The summed E-state index contributed by atoms with van der Waals surface area (Å²) in [5, 5.41) is 2.92. The SMILES string of the molecule is C#CC(C)(C)NCC(C)=O. The van der Waals surface area contributed by atoms with Crippen molar-refractivity contribution in [1.82, 2.24) is 5.32 Å². The molecule has 0 aromatic carbocycles. The van der Waals surface area contributed by atoms with Gasteiger partial charge in [0, 0.05) is 0 Å². The van der Waals surface area contributed by atoms with Crippen molar-refractivity contribution < 1.29 is 4.79 Å². The lowest BCUT2D eigenvalue weighted by Crippen LogP contribution is -2.40. The van der Waals surface area contributed by atoms with Crippen LogP contribution >= 0.6 is 0 Å². The molecule has 0 fully saturated rings. The molecule has 0 bridgehead atoms. The Morgan fingerprint density at radius 1 is 1.70 bits per heavy atom. The summed E-state index contributed by atoms with van der Waals surface area (Å²) in [5.74, 6) is 2.63. The fourth-order valence-electron chi connectivity index (χ4n) is 0.396. The van der Waals surface area contributed by atoms with Crippen LogP contribution < -0.4 is 5.32 Å². The van der Waals surface area contributed by atoms with Crippen LogP contribution in [-0.4, -0.2) is 17.9 Å². The van der Waals surface area contributed by atoms with E-state index in [0.717, 1.165) is 0 Å². The van der Waals surface area contributed by atoms with Crippen molar-refractivity contribution in [3.63, 3.8) is 0 Å². The Morgan fingerprint density at radius 2 is 2.20 bits per heavy atom. The second kappa shape index (κ2) is 3.38. The van der Waals surface area contributed by atoms with Gasteiger partial charge in [-0.25, -0.2) is 0 Å². The quantitative estimate of drug-likeness (QED) is 0.579. The molecule has 0 amide bonds. The Balaban J connectivity index is 3.71. The first-order valence-electron chi connectivity index (χ1n) is 3.20. The van der Waals surface area contributed by atoms with Gasteiger partial charge in [0.15, 0.2) is 0 Å². The van der Waals surface area contributed by atoms with Crippen LogP contribution in [0.4, 0.5) is 0 Å². The molecule has 0 aliphatic carbocycles. The lowest BCUT2D eigenvalue weighted by molar-refractivity contribution is -0.116. The number of ketones is 1. The molecule has 10 heavy (non-hydrogen) atoms. The molecule has 0 saturated heterocycles. The van der Waals surface area contributed by atoms with Crippen LogP contribution in [0.1, 0.15) is 20.8 Å². The van der Waals surface area contributed by atoms with Crippen LogP contribution in [0.15, 0.2) is 0 Å². The first-order valence-corrected chi connectivity index (χ1v) is 3.20. The van der Waals surface area contributed by atoms with Gasteiger partial charge in [0.25, 0.3) is 0 Å². The van der Waals surface area contributed by atoms with Gasteiger partial charge in [0.1, 0.15) is 5.78 Å². The van der Waals surface area contributed by atoms with E-state index in [2.05, 4.69) is 11.2 Å². The molecule has 56 valence electrons. The summed E-state index contributed by atoms with van der Waals surface area (Å²) < 4.78 is 0. The summed E-state index contributed by atoms with van der Waals surface area (Å²) in [6.07, 6.45) is 5.17. The molecule has 1 N–H and O–H groups in total. The Hall–Kier alpha value is -0.810. The fraction of sp³-hybridized carbons (Fsp3) is 0.625. The summed E-state index contributed by atoms with van der Waals surface area (Å²) in [5.41, 5.74) is -0.369. The minimum atomic E-state index is -0.369. The highest BCUT2D eigenvalue weighted by atomic mass is 16.1. The molecule has 0 heterocycles. The highest BCUT2D eigenvalue weighted by Crippen LogP contribution is 1.96. The Kier molecular flexibility index (Phi) is 3.11. The van der Waals surface area contributed by atoms with Crippen LogP contribution in [0.3, 0.4) is 0 Å². The third-order valence-electron chi connectivity index (χ3n) is 1.14. The molecule has 0 saturated carbocycles. The van der Waals surface area contributed by atoms with E-state index in [1.165, 1.54) is 6.92 Å². The van der Waals surface area contributed by atoms with Gasteiger partial charge in [-0.05, 0) is 20.8 Å². The first kappa shape index (κ1) is 9.19. The maximum atomic E-state index is 10.5. The van der Waals surface area contributed by atoms with Gasteiger partial charge in [-0.1, -0.05) is 5.92 Å². The number of carbonyl (C=O) groups excluding carboxylic acids is 1. The molecule has 0 spiro atoms. The number of hydrogen-bond acceptors (Lipinski definition) is 2. The van der Waals surface area contributed by atoms with E-state index in [-0.39, 0.29) is 11.3 Å². The van der Waals surface area contributed by atoms with Crippen molar-refractivity contribution in [3.8, 4) is 12.3 Å². The van der Waals surface area contributed by atoms with Crippen LogP contribution in [0.2, 0.25) is 0 Å². The number of terminal acetylenes is 1. The second-order valence-electron chi connectivity index (χ2n) is 2.82. The van der Waals surface area contributed by atoms with E-state index >= 15 is 0 Å². The maximum absolute atomic E-state index is 10.5. The number of hydrogen-bond donors (Lipinski definition) is 1. The summed E-state index contributed by atoms with van der Waals surface area (Å²) in [6.45, 7) is 5.59. The zero-order valence-electron chi connectivity index (χ0n) is 6.69. The third-order valence-corrected chi connectivity index (χ3v) is 1.14. The number of nitrogens with one attached hydrogen (secondary N) is 1. The van der Waals surface area contributed by atoms with E-state index in [1.807, 2.05) is 13.8 Å². The third kappa shape index (κ3) is 4.11. The normalized spacial score (nSPS) is 10.6. The van der Waals surface area contributed by atoms with Crippen LogP contribution in [0.25, 0.3) is 0 Å². The summed E-state index contributed by atoms with van der Waals surface area (Å²) in [6, 6.07) is 0. The summed E-state index contributed by atoms with van der Waals surface area (Å²) in [4.78, 5) is 10.5. The van der Waals surface area contributed by atoms with E-state index in [9.17, 15) is 4.79 Å². The molecule has 0 atom stereocenters. The van der Waals surface area contributed by atoms with E-state index in [1.54, 1.807) is 0 Å². The second-order valence-corrected chi connectivity index (χ2v) is 2.82. The van der Waals surface area contributed by atoms with E-state index < -0.39 is 0 Å². The molecule has 0 aliphatic heterocycles. The lowest BCUT2D eigenvalue weighted by Gasteiger charge is -2.17. The summed E-state index contributed by atoms with van der Waals surface area (Å²) >= 11 is 0. The average Bonchev–Trinajstić information content (AvgIpc) is 1.85. The van der Waals surface area contributed by atoms with Gasteiger partial charge in [-0.15, -0.1) is 6.42 Å². The minimum absolute atomic E-state index is 0.100. The maximum Gasteiger partial charge on any atom is 0.143 e. The van der Waals surface area contributed by atoms with Crippen molar-refractivity contribution in [2.45, 2.75) is 26.3 Å². The zero-order valence-corrected chi connectivity index (χ0v) is 6.69. The standard InChI is InChI=1S/C8H13NO/c1-5-8(3,4)9-6-7(2)10/h1,9H,6H2,2-4H3. The smallest absolute Gasteiger partial charge is 0.143 e. The van der Waals surface area contributed by atoms with Crippen LogP contribution in [0, 0.1) is 12.3 Å². The molecule has 2 nitrogen and oxygen atoms in total. The Bertz CT molecular complexity index is 165. The molecule has 0 aromatic heterocycles. The number of carbonyl (C=O) groups is 1. The molecule has 0 aliphatic rings. The van der Waals surface area contributed by atoms with E-state index in [4.69, 9.17) is 6.42 Å². The molecular formula is C8H13NO. The van der Waals surface area contributed by atoms with Crippen LogP contribution in [-0.2, 0) is 4.79 Å². The van der Waals surface area contributed by atoms with Gasteiger partial charge in [0.2, 0.25) is 0 Å². The predicted octanol–water partition coefficient (Wildman–Crippen LogP) is 0.577. The first-order chi connectivity index (χ1) is 4.48. The highest BCUT2D eigenvalue weighted by molar-refractivity contribution is 5.77. The Morgan fingerprint density at radius 3 is 2.50 bits per heavy atom. The number of rotatable bonds is 3. The monoisotopic (exact) mass is 139 g/mol. The average molecular weight is 139 g/mol. The fourth-order valence-corrected chi connectivity index (χ4v) is 0.396. The lowest BCUT2D eigenvalue weighted by atomic mass is 10.1. The molecule has 0 radical (unpaired) electrons. The Labute approximate surface area is 62.0 Å². The van der Waals surface area contributed by atoms with Crippen molar-refractivity contribution in [2.24, 2.45) is 0 Å². The zero-order chi connectivity index (χ0) is 8.20. The van der Waals surface area contributed by atoms with Gasteiger partial charge >= 0.3 is 0 Å². The molecule has 0 unspecified atom stereocenters.